The van der Waals surface area contributed by atoms with Crippen LogP contribution >= 0.6 is 11.6 Å². The second-order valence-corrected chi connectivity index (χ2v) is 10.1. The van der Waals surface area contributed by atoms with Gasteiger partial charge in [-0.25, -0.2) is 13.4 Å². The van der Waals surface area contributed by atoms with E-state index >= 15 is 0 Å². The zero-order valence-corrected chi connectivity index (χ0v) is 21.4. The Balaban J connectivity index is 1.95. The molecule has 3 rings (SSSR count). The van der Waals surface area contributed by atoms with Crippen LogP contribution in [0.2, 0.25) is 5.02 Å². The smallest absolute Gasteiger partial charge is 0.229 e. The average molecular weight is 506 g/mol. The lowest BCUT2D eigenvalue weighted by Gasteiger charge is -2.17. The minimum Gasteiger partial charge on any atom is -0.497 e. The van der Waals surface area contributed by atoms with Crippen molar-refractivity contribution in [2.45, 2.75) is 26.7 Å². The van der Waals surface area contributed by atoms with Gasteiger partial charge in [0.15, 0.2) is 5.82 Å². The second-order valence-electron chi connectivity index (χ2n) is 7.99. The fourth-order valence-electron chi connectivity index (χ4n) is 3.27. The summed E-state index contributed by atoms with van der Waals surface area (Å²) < 4.78 is 36.8. The van der Waals surface area contributed by atoms with E-state index < -0.39 is 10.0 Å². The molecule has 0 bridgehead atoms. The lowest BCUT2D eigenvalue weighted by Crippen LogP contribution is -2.11. The maximum Gasteiger partial charge on any atom is 0.229 e. The number of anilines is 5. The van der Waals surface area contributed by atoms with E-state index in [2.05, 4.69) is 39.2 Å². The maximum absolute atomic E-state index is 11.8. The van der Waals surface area contributed by atoms with Gasteiger partial charge in [0.05, 0.1) is 38.0 Å². The third-order valence-electron chi connectivity index (χ3n) is 4.96. The fraction of sp³-hybridized carbons (Fsp3) is 0.304. The van der Waals surface area contributed by atoms with Crippen LogP contribution in [0, 0.1) is 6.92 Å². The molecular formula is C23H28ClN5O4S. The van der Waals surface area contributed by atoms with Gasteiger partial charge >= 0.3 is 0 Å². The molecule has 182 valence electrons. The van der Waals surface area contributed by atoms with E-state index in [4.69, 9.17) is 21.1 Å². The molecule has 9 nitrogen and oxygen atoms in total. The number of sulfonamides is 1. The molecule has 0 saturated heterocycles. The van der Waals surface area contributed by atoms with Gasteiger partial charge in [-0.2, -0.15) is 4.98 Å². The molecule has 0 radical (unpaired) electrons. The predicted molar refractivity (Wildman–Crippen MR) is 137 cm³/mol. The van der Waals surface area contributed by atoms with Crippen molar-refractivity contribution in [1.29, 1.82) is 0 Å². The van der Waals surface area contributed by atoms with Gasteiger partial charge in [0.2, 0.25) is 16.0 Å². The van der Waals surface area contributed by atoms with Crippen LogP contribution < -0.4 is 24.8 Å². The highest BCUT2D eigenvalue weighted by Crippen LogP contribution is 2.35. The largest absolute Gasteiger partial charge is 0.497 e. The zero-order valence-electron chi connectivity index (χ0n) is 19.9. The number of methoxy groups -OCH3 is 2. The minimum atomic E-state index is -3.53. The van der Waals surface area contributed by atoms with E-state index in [-0.39, 0.29) is 10.9 Å². The van der Waals surface area contributed by atoms with E-state index in [9.17, 15) is 8.42 Å². The lowest BCUT2D eigenvalue weighted by atomic mass is 9.99. The van der Waals surface area contributed by atoms with Crippen molar-refractivity contribution in [2.24, 2.45) is 0 Å². The number of nitrogens with zero attached hydrogens (tertiary/aromatic N) is 2. The molecule has 1 heterocycles. The Labute approximate surface area is 204 Å². The summed E-state index contributed by atoms with van der Waals surface area (Å²) in [7, 11) is -0.381. The van der Waals surface area contributed by atoms with E-state index in [1.54, 1.807) is 25.3 Å². The van der Waals surface area contributed by atoms with Crippen molar-refractivity contribution in [3.8, 4) is 11.5 Å². The number of hydrogen-bond acceptors (Lipinski definition) is 8. The molecule has 0 spiro atoms. The van der Waals surface area contributed by atoms with Crippen molar-refractivity contribution >= 4 is 50.5 Å². The van der Waals surface area contributed by atoms with Crippen LogP contribution in [-0.4, -0.2) is 38.9 Å². The molecule has 0 aliphatic carbocycles. The Morgan fingerprint density at radius 3 is 2.35 bits per heavy atom. The molecule has 11 heteroatoms. The molecule has 3 aromatic rings. The number of benzene rings is 2. The molecule has 0 aliphatic rings. The molecule has 0 unspecified atom stereocenters. The number of nitrogens with one attached hydrogen (secondary N) is 3. The third-order valence-corrected chi connectivity index (χ3v) is 5.83. The first-order chi connectivity index (χ1) is 16.0. The van der Waals surface area contributed by atoms with Gasteiger partial charge in [0.1, 0.15) is 16.5 Å². The van der Waals surface area contributed by atoms with Crippen molar-refractivity contribution < 1.29 is 17.9 Å². The summed E-state index contributed by atoms with van der Waals surface area (Å²) >= 11 is 6.34. The quantitative estimate of drug-likeness (QED) is 0.352. The van der Waals surface area contributed by atoms with Crippen LogP contribution in [0.1, 0.15) is 30.9 Å². The molecule has 0 atom stereocenters. The molecular weight excluding hydrogens is 478 g/mol. The van der Waals surface area contributed by atoms with Crippen molar-refractivity contribution in [1.82, 2.24) is 9.97 Å². The Hall–Kier alpha value is -3.24. The normalized spacial score (nSPS) is 11.3. The first-order valence-electron chi connectivity index (χ1n) is 10.4. The maximum atomic E-state index is 11.8. The summed E-state index contributed by atoms with van der Waals surface area (Å²) in [5, 5.41) is 6.58. The first-order valence-corrected chi connectivity index (χ1v) is 12.7. The predicted octanol–water partition coefficient (Wildman–Crippen LogP) is 5.44. The molecule has 1 aromatic heterocycles. The number of rotatable bonds is 9. The summed E-state index contributed by atoms with van der Waals surface area (Å²) in [6.45, 7) is 6.15. The van der Waals surface area contributed by atoms with Crippen LogP contribution in [0.15, 0.2) is 36.5 Å². The molecule has 0 aliphatic heterocycles. The number of aryl methyl sites for hydroxylation is 1. The van der Waals surface area contributed by atoms with Gasteiger partial charge in [-0.15, -0.1) is 0 Å². The summed E-state index contributed by atoms with van der Waals surface area (Å²) in [5.41, 5.74) is 3.59. The third kappa shape index (κ3) is 6.21. The zero-order chi connectivity index (χ0) is 25.0. The SMILES string of the molecule is COc1ccc(Nc2nc(Nc3cc(C(C)C)c(OC)cc3C)ncc2Cl)c(NS(C)(=O)=O)c1. The first kappa shape index (κ1) is 25.4. The minimum absolute atomic E-state index is 0.260. The number of halogens is 1. The molecule has 3 N–H and O–H groups in total. The monoisotopic (exact) mass is 505 g/mol. The topological polar surface area (TPSA) is 114 Å². The standard InChI is InChI=1S/C23H28ClN5O4S/c1-13(2)16-11-19(14(3)9-21(16)33-5)27-23-25-12-17(24)22(28-23)26-18-8-7-15(32-4)10-20(18)29-34(6,30)31/h7-13,29H,1-6H3,(H2,25,26,27,28). The van der Waals surface area contributed by atoms with Gasteiger partial charge in [-0.1, -0.05) is 25.4 Å². The highest BCUT2D eigenvalue weighted by molar-refractivity contribution is 7.92. The number of aromatic nitrogens is 2. The fourth-order valence-corrected chi connectivity index (χ4v) is 3.97. The van der Waals surface area contributed by atoms with Crippen LogP contribution in [0.3, 0.4) is 0 Å². The average Bonchev–Trinajstić information content (AvgIpc) is 2.76. The second kappa shape index (κ2) is 10.4. The van der Waals surface area contributed by atoms with E-state index in [1.165, 1.54) is 13.3 Å². The molecule has 34 heavy (non-hydrogen) atoms. The summed E-state index contributed by atoms with van der Waals surface area (Å²) in [5.74, 6) is 2.19. The Kier molecular flexibility index (Phi) is 7.73. The van der Waals surface area contributed by atoms with Crippen molar-refractivity contribution in [3.05, 3.63) is 52.7 Å². The number of ether oxygens (including phenoxy) is 2. The van der Waals surface area contributed by atoms with Gasteiger partial charge in [-0.3, -0.25) is 4.72 Å². The number of hydrogen-bond donors (Lipinski definition) is 3. The van der Waals surface area contributed by atoms with E-state index in [0.29, 0.717) is 28.9 Å². The lowest BCUT2D eigenvalue weighted by molar-refractivity contribution is 0.407. The van der Waals surface area contributed by atoms with Gasteiger partial charge in [-0.05, 0) is 48.2 Å². The Bertz CT molecular complexity index is 1300. The van der Waals surface area contributed by atoms with Gasteiger partial charge < -0.3 is 20.1 Å². The van der Waals surface area contributed by atoms with Crippen molar-refractivity contribution in [3.63, 3.8) is 0 Å². The van der Waals surface area contributed by atoms with E-state index in [1.807, 2.05) is 19.1 Å². The molecule has 0 saturated carbocycles. The summed E-state index contributed by atoms with van der Waals surface area (Å²) in [6.07, 6.45) is 2.53. The van der Waals surface area contributed by atoms with Crippen molar-refractivity contribution in [2.75, 3.05) is 35.8 Å². The summed E-state index contributed by atoms with van der Waals surface area (Å²) in [6, 6.07) is 8.90. The highest BCUT2D eigenvalue weighted by Gasteiger charge is 2.15. The van der Waals surface area contributed by atoms with E-state index in [0.717, 1.165) is 28.8 Å². The molecule has 0 amide bonds. The Morgan fingerprint density at radius 2 is 1.74 bits per heavy atom. The molecule has 2 aromatic carbocycles. The van der Waals surface area contributed by atoms with Crippen LogP contribution in [0.4, 0.5) is 28.8 Å². The van der Waals surface area contributed by atoms with Crippen LogP contribution in [0.25, 0.3) is 0 Å². The Morgan fingerprint density at radius 1 is 1.00 bits per heavy atom. The van der Waals surface area contributed by atoms with Gasteiger partial charge in [0.25, 0.3) is 0 Å². The van der Waals surface area contributed by atoms with Crippen LogP contribution in [-0.2, 0) is 10.0 Å². The van der Waals surface area contributed by atoms with Crippen LogP contribution in [0.5, 0.6) is 11.5 Å². The van der Waals surface area contributed by atoms with Gasteiger partial charge in [0, 0.05) is 11.8 Å². The summed E-state index contributed by atoms with van der Waals surface area (Å²) in [4.78, 5) is 8.78. The highest BCUT2D eigenvalue weighted by atomic mass is 35.5. The molecule has 0 fully saturated rings.